The molecule has 3 rings (SSSR count). The van der Waals surface area contributed by atoms with Gasteiger partial charge in [-0.25, -0.2) is 4.68 Å². The first kappa shape index (κ1) is 11.9. The van der Waals surface area contributed by atoms with E-state index >= 15 is 0 Å². The van der Waals surface area contributed by atoms with Gasteiger partial charge in [-0.2, -0.15) is 0 Å². The van der Waals surface area contributed by atoms with Gasteiger partial charge in [-0.3, -0.25) is 4.79 Å². The highest BCUT2D eigenvalue weighted by atomic mass is 16.2. The van der Waals surface area contributed by atoms with Gasteiger partial charge in [0.15, 0.2) is 0 Å². The predicted octanol–water partition coefficient (Wildman–Crippen LogP) is 0.822. The van der Waals surface area contributed by atoms with Crippen LogP contribution in [0.15, 0.2) is 24.3 Å². The van der Waals surface area contributed by atoms with Gasteiger partial charge in [0, 0.05) is 12.2 Å². The lowest BCUT2D eigenvalue weighted by molar-refractivity contribution is -0.116. The molecule has 0 aliphatic carbocycles. The summed E-state index contributed by atoms with van der Waals surface area (Å²) in [6, 6.07) is 7.61. The predicted molar refractivity (Wildman–Crippen MR) is 69.5 cm³/mol. The average Bonchev–Trinajstić information content (AvgIpc) is 2.73. The first-order valence-corrected chi connectivity index (χ1v) is 6.22. The normalized spacial score (nSPS) is 13.4. The summed E-state index contributed by atoms with van der Waals surface area (Å²) in [6.07, 6.45) is 1.28. The Balaban J connectivity index is 2.13. The molecule has 19 heavy (non-hydrogen) atoms. The number of anilines is 1. The van der Waals surface area contributed by atoms with E-state index in [1.54, 1.807) is 4.68 Å². The number of para-hydroxylation sites is 1. The summed E-state index contributed by atoms with van der Waals surface area (Å²) >= 11 is 0. The third kappa shape index (κ3) is 2.10. The number of aromatic nitrogens is 3. The highest BCUT2D eigenvalue weighted by molar-refractivity contribution is 5.97. The van der Waals surface area contributed by atoms with Crippen LogP contribution in [0.3, 0.4) is 0 Å². The van der Waals surface area contributed by atoms with Gasteiger partial charge in [-0.1, -0.05) is 23.4 Å². The summed E-state index contributed by atoms with van der Waals surface area (Å²) in [5.41, 5.74) is 3.38. The zero-order chi connectivity index (χ0) is 13.2. The Labute approximate surface area is 110 Å². The van der Waals surface area contributed by atoms with Gasteiger partial charge < -0.3 is 10.4 Å². The number of rotatable bonds is 3. The Morgan fingerprint density at radius 1 is 1.37 bits per heavy atom. The van der Waals surface area contributed by atoms with Crippen molar-refractivity contribution in [2.75, 3.05) is 11.9 Å². The van der Waals surface area contributed by atoms with Crippen LogP contribution >= 0.6 is 0 Å². The molecule has 0 unspecified atom stereocenters. The molecule has 6 heteroatoms. The highest BCUT2D eigenvalue weighted by Gasteiger charge is 2.22. The molecular weight excluding hydrogens is 244 g/mol. The maximum atomic E-state index is 11.8. The lowest BCUT2D eigenvalue weighted by Crippen LogP contribution is -2.17. The van der Waals surface area contributed by atoms with Gasteiger partial charge in [-0.05, 0) is 18.9 Å². The van der Waals surface area contributed by atoms with Gasteiger partial charge in [0.2, 0.25) is 5.91 Å². The number of nitrogens with one attached hydrogen (secondary N) is 1. The molecular formula is C13H14N4O2. The summed E-state index contributed by atoms with van der Waals surface area (Å²) in [7, 11) is 0. The first-order valence-electron chi connectivity index (χ1n) is 6.22. The van der Waals surface area contributed by atoms with E-state index in [4.69, 9.17) is 5.11 Å². The molecule has 98 valence electrons. The Morgan fingerprint density at radius 3 is 3.05 bits per heavy atom. The molecule has 1 aliphatic heterocycles. The van der Waals surface area contributed by atoms with Crippen LogP contribution in [0.5, 0.6) is 0 Å². The number of aliphatic hydroxyl groups is 1. The molecule has 1 aromatic carbocycles. The number of aliphatic hydroxyl groups excluding tert-OH is 1. The van der Waals surface area contributed by atoms with Crippen molar-refractivity contribution in [2.45, 2.75) is 19.4 Å². The van der Waals surface area contributed by atoms with Crippen LogP contribution < -0.4 is 5.32 Å². The van der Waals surface area contributed by atoms with Crippen LogP contribution in [0.2, 0.25) is 0 Å². The van der Waals surface area contributed by atoms with E-state index in [0.717, 1.165) is 22.6 Å². The molecule has 0 fully saturated rings. The van der Waals surface area contributed by atoms with E-state index < -0.39 is 0 Å². The van der Waals surface area contributed by atoms with E-state index in [2.05, 4.69) is 15.6 Å². The quantitative estimate of drug-likeness (QED) is 0.854. The topological polar surface area (TPSA) is 80.0 Å². The van der Waals surface area contributed by atoms with Crippen molar-refractivity contribution in [3.05, 3.63) is 30.0 Å². The second kappa shape index (κ2) is 4.81. The summed E-state index contributed by atoms with van der Waals surface area (Å²) in [4.78, 5) is 11.8. The minimum absolute atomic E-state index is 0.107. The van der Waals surface area contributed by atoms with E-state index in [0.29, 0.717) is 12.8 Å². The number of hydrogen-bond donors (Lipinski definition) is 2. The van der Waals surface area contributed by atoms with Crippen molar-refractivity contribution in [2.24, 2.45) is 0 Å². The highest BCUT2D eigenvalue weighted by Crippen LogP contribution is 2.32. The van der Waals surface area contributed by atoms with Crippen LogP contribution in [0.4, 0.5) is 5.69 Å². The minimum atomic E-state index is -0.107. The van der Waals surface area contributed by atoms with Crippen molar-refractivity contribution >= 4 is 11.6 Å². The molecule has 0 bridgehead atoms. The molecule has 0 radical (unpaired) electrons. The van der Waals surface area contributed by atoms with Crippen LogP contribution in [-0.4, -0.2) is 32.6 Å². The van der Waals surface area contributed by atoms with Crippen molar-refractivity contribution in [3.63, 3.8) is 0 Å². The van der Waals surface area contributed by atoms with E-state index in [9.17, 15) is 4.79 Å². The third-order valence-electron chi connectivity index (χ3n) is 3.13. The standard InChI is InChI=1S/C13H14N4O2/c18-7-3-6-11-13-9-4-1-2-5-10(9)14-12(19)8-17(13)16-15-11/h1-2,4-5,18H,3,6-8H2,(H,14,19). The van der Waals surface area contributed by atoms with E-state index in [1.807, 2.05) is 24.3 Å². The fourth-order valence-corrected chi connectivity index (χ4v) is 2.29. The van der Waals surface area contributed by atoms with Crippen molar-refractivity contribution in [1.29, 1.82) is 0 Å². The minimum Gasteiger partial charge on any atom is -0.396 e. The fraction of sp³-hybridized carbons (Fsp3) is 0.308. The summed E-state index contributed by atoms with van der Waals surface area (Å²) in [6.45, 7) is 0.279. The van der Waals surface area contributed by atoms with Crippen molar-refractivity contribution in [3.8, 4) is 11.3 Å². The van der Waals surface area contributed by atoms with Crippen LogP contribution in [-0.2, 0) is 17.8 Å². The second-order valence-corrected chi connectivity index (χ2v) is 4.46. The number of carbonyl (C=O) groups excluding carboxylic acids is 1. The average molecular weight is 258 g/mol. The number of amides is 1. The largest absolute Gasteiger partial charge is 0.396 e. The summed E-state index contributed by atoms with van der Waals surface area (Å²) < 4.78 is 1.62. The Morgan fingerprint density at radius 2 is 2.21 bits per heavy atom. The third-order valence-corrected chi connectivity index (χ3v) is 3.13. The fourth-order valence-electron chi connectivity index (χ4n) is 2.29. The van der Waals surface area contributed by atoms with Crippen LogP contribution in [0, 0.1) is 0 Å². The molecule has 6 nitrogen and oxygen atoms in total. The van der Waals surface area contributed by atoms with Crippen molar-refractivity contribution in [1.82, 2.24) is 15.0 Å². The zero-order valence-corrected chi connectivity index (χ0v) is 10.3. The lowest BCUT2D eigenvalue weighted by atomic mass is 10.1. The molecule has 0 saturated carbocycles. The molecule has 1 amide bonds. The molecule has 0 saturated heterocycles. The maximum absolute atomic E-state index is 11.8. The Bertz CT molecular complexity index is 621. The van der Waals surface area contributed by atoms with Crippen LogP contribution in [0.25, 0.3) is 11.3 Å². The monoisotopic (exact) mass is 258 g/mol. The number of carbonyl (C=O) groups is 1. The van der Waals surface area contributed by atoms with E-state index in [1.165, 1.54) is 0 Å². The van der Waals surface area contributed by atoms with Crippen LogP contribution in [0.1, 0.15) is 12.1 Å². The summed E-state index contributed by atoms with van der Waals surface area (Å²) in [5, 5.41) is 20.0. The summed E-state index contributed by atoms with van der Waals surface area (Å²) in [5.74, 6) is -0.107. The van der Waals surface area contributed by atoms with Gasteiger partial charge >= 0.3 is 0 Å². The first-order chi connectivity index (χ1) is 9.29. The molecule has 2 heterocycles. The molecule has 0 atom stereocenters. The van der Waals surface area contributed by atoms with Gasteiger partial charge in [-0.15, -0.1) is 5.10 Å². The second-order valence-electron chi connectivity index (χ2n) is 4.46. The number of benzene rings is 1. The van der Waals surface area contributed by atoms with Gasteiger partial charge in [0.05, 0.1) is 17.1 Å². The molecule has 1 aromatic heterocycles. The molecule has 2 aromatic rings. The number of fused-ring (bicyclic) bond motifs is 3. The van der Waals surface area contributed by atoms with E-state index in [-0.39, 0.29) is 19.1 Å². The Hall–Kier alpha value is -2.21. The number of hydrogen-bond acceptors (Lipinski definition) is 4. The number of nitrogens with zero attached hydrogens (tertiary/aromatic N) is 3. The van der Waals surface area contributed by atoms with Gasteiger partial charge in [0.25, 0.3) is 0 Å². The number of aryl methyl sites for hydroxylation is 1. The smallest absolute Gasteiger partial charge is 0.246 e. The maximum Gasteiger partial charge on any atom is 0.246 e. The SMILES string of the molecule is O=C1Cn2nnc(CCCO)c2-c2ccccc2N1. The molecule has 1 aliphatic rings. The molecule has 0 spiro atoms. The van der Waals surface area contributed by atoms with Gasteiger partial charge in [0.1, 0.15) is 6.54 Å². The Kier molecular flexibility index (Phi) is 3.00. The zero-order valence-electron chi connectivity index (χ0n) is 10.3. The van der Waals surface area contributed by atoms with Crippen molar-refractivity contribution < 1.29 is 9.90 Å². The lowest BCUT2D eigenvalue weighted by Gasteiger charge is -2.07. The molecule has 2 N–H and O–H groups in total.